The minimum absolute atomic E-state index is 0.123. The van der Waals surface area contributed by atoms with Crippen LogP contribution in [0, 0.1) is 5.92 Å². The summed E-state index contributed by atoms with van der Waals surface area (Å²) in [4.78, 5) is 49.1. The molecule has 2 atom stereocenters. The first-order valence-electron chi connectivity index (χ1n) is 9.15. The maximum absolute atomic E-state index is 12.5. The molecule has 2 amide bonds. The van der Waals surface area contributed by atoms with Gasteiger partial charge in [0.15, 0.2) is 11.9 Å². The van der Waals surface area contributed by atoms with Crippen LogP contribution in [0.25, 0.3) is 0 Å². The average molecular weight is 416 g/mol. The van der Waals surface area contributed by atoms with Gasteiger partial charge >= 0.3 is 5.97 Å². The summed E-state index contributed by atoms with van der Waals surface area (Å²) in [5.41, 5.74) is 0.889. The van der Waals surface area contributed by atoms with E-state index in [4.69, 9.17) is 4.74 Å². The second-order valence-corrected chi connectivity index (χ2v) is 7.83. The molecule has 0 unspecified atom stereocenters. The van der Waals surface area contributed by atoms with Gasteiger partial charge in [-0.1, -0.05) is 32.0 Å². The highest BCUT2D eigenvalue weighted by Gasteiger charge is 2.29. The van der Waals surface area contributed by atoms with Gasteiger partial charge in [0.25, 0.3) is 11.8 Å². The van der Waals surface area contributed by atoms with Crippen molar-refractivity contribution in [3.63, 3.8) is 0 Å². The van der Waals surface area contributed by atoms with Crippen LogP contribution in [0.3, 0.4) is 0 Å². The number of hydrogen-bond donors (Lipinski definition) is 2. The van der Waals surface area contributed by atoms with Crippen molar-refractivity contribution in [1.82, 2.24) is 5.32 Å². The van der Waals surface area contributed by atoms with Gasteiger partial charge in [0.2, 0.25) is 0 Å². The molecule has 0 saturated carbocycles. The Morgan fingerprint density at radius 2 is 1.76 bits per heavy atom. The molecule has 0 fully saturated rings. The Morgan fingerprint density at radius 3 is 2.34 bits per heavy atom. The summed E-state index contributed by atoms with van der Waals surface area (Å²) in [5.74, 6) is -1.94. The Bertz CT molecular complexity index is 892. The van der Waals surface area contributed by atoms with Crippen LogP contribution in [-0.2, 0) is 14.3 Å². The van der Waals surface area contributed by atoms with Crippen molar-refractivity contribution in [1.29, 1.82) is 0 Å². The lowest BCUT2D eigenvalue weighted by Crippen LogP contribution is -2.47. The van der Waals surface area contributed by atoms with Crippen molar-refractivity contribution < 1.29 is 23.9 Å². The first-order valence-corrected chi connectivity index (χ1v) is 10.0. The van der Waals surface area contributed by atoms with E-state index in [2.05, 4.69) is 10.6 Å². The van der Waals surface area contributed by atoms with E-state index < -0.39 is 24.0 Å². The summed E-state index contributed by atoms with van der Waals surface area (Å²) >= 11 is 1.27. The van der Waals surface area contributed by atoms with Gasteiger partial charge < -0.3 is 15.4 Å². The highest BCUT2D eigenvalue weighted by Crippen LogP contribution is 2.14. The number of carbonyl (C=O) groups excluding carboxylic acids is 4. The summed E-state index contributed by atoms with van der Waals surface area (Å²) < 4.78 is 5.27. The van der Waals surface area contributed by atoms with Gasteiger partial charge in [0.05, 0.1) is 4.88 Å². The second kappa shape index (κ2) is 9.97. The smallest absolute Gasteiger partial charge is 0.329 e. The Morgan fingerprint density at radius 1 is 1.03 bits per heavy atom. The van der Waals surface area contributed by atoms with Crippen molar-refractivity contribution in [2.45, 2.75) is 39.8 Å². The number of Topliss-reactive ketones (excluding diaryl/α,β-unsaturated/α-hetero) is 1. The SMILES string of the molecule is CC(=O)c1cccc(NC(=O)[C@@H](C)OC(=O)[C@@H](NC(=O)c2cccs2)C(C)C)c1. The van der Waals surface area contributed by atoms with Gasteiger partial charge in [0, 0.05) is 11.3 Å². The Balaban J connectivity index is 1.99. The van der Waals surface area contributed by atoms with E-state index in [1.807, 2.05) is 0 Å². The zero-order valence-corrected chi connectivity index (χ0v) is 17.5. The predicted octanol–water partition coefficient (Wildman–Crippen LogP) is 3.28. The van der Waals surface area contributed by atoms with Crippen molar-refractivity contribution in [2.75, 3.05) is 5.32 Å². The van der Waals surface area contributed by atoms with E-state index in [1.165, 1.54) is 25.2 Å². The van der Waals surface area contributed by atoms with Crippen LogP contribution in [0.5, 0.6) is 0 Å². The molecule has 2 aromatic rings. The molecular weight excluding hydrogens is 392 g/mol. The number of ketones is 1. The monoisotopic (exact) mass is 416 g/mol. The van der Waals surface area contributed by atoms with E-state index >= 15 is 0 Å². The number of rotatable bonds is 8. The van der Waals surface area contributed by atoms with Crippen molar-refractivity contribution in [3.8, 4) is 0 Å². The molecule has 0 aliphatic carbocycles. The van der Waals surface area contributed by atoms with Crippen molar-refractivity contribution in [2.24, 2.45) is 5.92 Å². The van der Waals surface area contributed by atoms with E-state index in [1.54, 1.807) is 55.6 Å². The highest BCUT2D eigenvalue weighted by molar-refractivity contribution is 7.12. The van der Waals surface area contributed by atoms with Gasteiger partial charge in [-0.3, -0.25) is 14.4 Å². The molecule has 0 spiro atoms. The fourth-order valence-electron chi connectivity index (χ4n) is 2.48. The highest BCUT2D eigenvalue weighted by atomic mass is 32.1. The lowest BCUT2D eigenvalue weighted by Gasteiger charge is -2.22. The second-order valence-electron chi connectivity index (χ2n) is 6.88. The molecule has 2 rings (SSSR count). The maximum Gasteiger partial charge on any atom is 0.329 e. The van der Waals surface area contributed by atoms with Gasteiger partial charge in [-0.25, -0.2) is 4.79 Å². The molecule has 1 heterocycles. The number of amides is 2. The molecule has 7 nitrogen and oxygen atoms in total. The van der Waals surface area contributed by atoms with Crippen LogP contribution >= 0.6 is 11.3 Å². The number of hydrogen-bond acceptors (Lipinski definition) is 6. The van der Waals surface area contributed by atoms with Crippen LogP contribution in [0.15, 0.2) is 41.8 Å². The standard InChI is InChI=1S/C21H24N2O5S/c1-12(2)18(23-20(26)17-9-6-10-29-17)21(27)28-14(4)19(25)22-16-8-5-7-15(11-16)13(3)24/h5-12,14,18H,1-4H3,(H,22,25)(H,23,26)/t14-,18+/m1/s1. The molecule has 154 valence electrons. The normalized spacial score (nSPS) is 12.7. The number of benzene rings is 1. The topological polar surface area (TPSA) is 102 Å². The van der Waals surface area contributed by atoms with Crippen molar-refractivity contribution >= 4 is 40.6 Å². The largest absolute Gasteiger partial charge is 0.451 e. The number of esters is 1. The molecule has 0 aliphatic rings. The number of nitrogens with one attached hydrogen (secondary N) is 2. The molecule has 8 heteroatoms. The third-order valence-corrected chi connectivity index (χ3v) is 5.02. The lowest BCUT2D eigenvalue weighted by atomic mass is 10.0. The molecule has 29 heavy (non-hydrogen) atoms. The number of ether oxygens (including phenoxy) is 1. The van der Waals surface area contributed by atoms with Crippen LogP contribution < -0.4 is 10.6 Å². The zero-order valence-electron chi connectivity index (χ0n) is 16.7. The van der Waals surface area contributed by atoms with E-state index in [0.29, 0.717) is 16.1 Å². The molecule has 0 aliphatic heterocycles. The Kier molecular flexibility index (Phi) is 7.67. The zero-order chi connectivity index (χ0) is 21.6. The lowest BCUT2D eigenvalue weighted by molar-refractivity contribution is -0.156. The summed E-state index contributed by atoms with van der Waals surface area (Å²) in [7, 11) is 0. The van der Waals surface area contributed by atoms with Gasteiger partial charge in [-0.05, 0) is 43.3 Å². The molecule has 0 saturated heterocycles. The minimum Gasteiger partial charge on any atom is -0.451 e. The third-order valence-electron chi connectivity index (χ3n) is 4.15. The maximum atomic E-state index is 12.5. The van der Waals surface area contributed by atoms with Crippen LogP contribution in [0.1, 0.15) is 47.7 Å². The minimum atomic E-state index is -1.08. The summed E-state index contributed by atoms with van der Waals surface area (Å²) in [5, 5.41) is 7.05. The third kappa shape index (κ3) is 6.25. The molecule has 0 bridgehead atoms. The fourth-order valence-corrected chi connectivity index (χ4v) is 3.11. The quantitative estimate of drug-likeness (QED) is 0.508. The molecule has 0 radical (unpaired) electrons. The van der Waals surface area contributed by atoms with Crippen LogP contribution in [0.4, 0.5) is 5.69 Å². The van der Waals surface area contributed by atoms with E-state index in [-0.39, 0.29) is 17.6 Å². The number of thiophene rings is 1. The summed E-state index contributed by atoms with van der Waals surface area (Å²) in [6, 6.07) is 9.00. The van der Waals surface area contributed by atoms with Gasteiger partial charge in [-0.2, -0.15) is 0 Å². The molecular formula is C21H24N2O5S. The predicted molar refractivity (Wildman–Crippen MR) is 111 cm³/mol. The van der Waals surface area contributed by atoms with Crippen molar-refractivity contribution in [3.05, 3.63) is 52.2 Å². The molecule has 1 aromatic carbocycles. The molecule has 2 N–H and O–H groups in total. The summed E-state index contributed by atoms with van der Waals surface area (Å²) in [6.07, 6.45) is -1.08. The number of carbonyl (C=O) groups is 4. The number of anilines is 1. The van der Waals surface area contributed by atoms with E-state index in [0.717, 1.165) is 0 Å². The average Bonchev–Trinajstić information content (AvgIpc) is 3.20. The first-order chi connectivity index (χ1) is 13.7. The van der Waals surface area contributed by atoms with E-state index in [9.17, 15) is 19.2 Å². The van der Waals surface area contributed by atoms with Crippen LogP contribution in [-0.4, -0.2) is 35.7 Å². The molecule has 1 aromatic heterocycles. The first kappa shape index (κ1) is 22.3. The van der Waals surface area contributed by atoms with Crippen LogP contribution in [0.2, 0.25) is 0 Å². The van der Waals surface area contributed by atoms with Gasteiger partial charge in [-0.15, -0.1) is 11.3 Å². The van der Waals surface area contributed by atoms with Gasteiger partial charge in [0.1, 0.15) is 6.04 Å². The fraction of sp³-hybridized carbons (Fsp3) is 0.333. The Hall–Kier alpha value is -3.00. The Labute approximate surface area is 173 Å². The summed E-state index contributed by atoms with van der Waals surface area (Å²) in [6.45, 7) is 6.43.